The molecule has 1 aromatic carbocycles. The third kappa shape index (κ3) is 4.68. The monoisotopic (exact) mass is 495 g/mol. The highest BCUT2D eigenvalue weighted by molar-refractivity contribution is 7.07. The van der Waals surface area contributed by atoms with Crippen molar-refractivity contribution in [3.05, 3.63) is 78.7 Å². The van der Waals surface area contributed by atoms with Crippen LogP contribution < -0.4 is 24.5 Å². The van der Waals surface area contributed by atoms with Crippen molar-refractivity contribution in [2.75, 3.05) is 31.7 Å². The summed E-state index contributed by atoms with van der Waals surface area (Å²) in [5.41, 5.74) is 1.39. The molecule has 4 rings (SSSR count). The molecule has 3 heterocycles. The van der Waals surface area contributed by atoms with E-state index < -0.39 is 12.0 Å². The molecule has 9 heteroatoms. The van der Waals surface area contributed by atoms with Crippen LogP contribution in [0.15, 0.2) is 61.9 Å². The maximum absolute atomic E-state index is 13.6. The van der Waals surface area contributed by atoms with Gasteiger partial charge in [-0.05, 0) is 51.5 Å². The minimum Gasteiger partial charge on any atom is -0.497 e. The third-order valence-electron chi connectivity index (χ3n) is 5.91. The van der Waals surface area contributed by atoms with Crippen LogP contribution in [0.2, 0.25) is 0 Å². The highest BCUT2D eigenvalue weighted by atomic mass is 32.1. The normalized spacial score (nSPS) is 15.6. The maximum atomic E-state index is 13.6. The molecule has 0 fully saturated rings. The number of benzene rings is 1. The Morgan fingerprint density at radius 3 is 2.51 bits per heavy atom. The summed E-state index contributed by atoms with van der Waals surface area (Å²) in [6, 6.07) is 10.4. The number of aromatic nitrogens is 1. The molecular weight excluding hydrogens is 466 g/mol. The number of methoxy groups -OCH3 is 1. The Bertz CT molecular complexity index is 1420. The molecule has 2 aromatic heterocycles. The van der Waals surface area contributed by atoms with Gasteiger partial charge in [0, 0.05) is 25.2 Å². The van der Waals surface area contributed by atoms with E-state index in [0.29, 0.717) is 32.1 Å². The van der Waals surface area contributed by atoms with E-state index in [1.807, 2.05) is 24.3 Å². The van der Waals surface area contributed by atoms with Crippen molar-refractivity contribution < 1.29 is 18.7 Å². The van der Waals surface area contributed by atoms with E-state index in [-0.39, 0.29) is 12.2 Å². The second-order valence-electron chi connectivity index (χ2n) is 7.92. The van der Waals surface area contributed by atoms with Crippen LogP contribution in [0, 0.1) is 0 Å². The molecule has 184 valence electrons. The Kier molecular flexibility index (Phi) is 7.25. The van der Waals surface area contributed by atoms with E-state index >= 15 is 0 Å². The molecule has 0 spiro atoms. The molecular formula is C26H29N3O5S. The lowest BCUT2D eigenvalue weighted by molar-refractivity contribution is -0.139. The zero-order valence-electron chi connectivity index (χ0n) is 20.5. The SMILES string of the molecule is CCOC(=O)C1=C(C)N=c2sc(=Cc3ccc(N(CC)CC)o3)c(=O)n2[C@@H]1c1ccc(OC)cc1. The predicted octanol–water partition coefficient (Wildman–Crippen LogP) is 3.25. The van der Waals surface area contributed by atoms with Gasteiger partial charge in [-0.3, -0.25) is 9.36 Å². The smallest absolute Gasteiger partial charge is 0.338 e. The fourth-order valence-corrected chi connectivity index (χ4v) is 5.17. The Morgan fingerprint density at radius 2 is 1.89 bits per heavy atom. The lowest BCUT2D eigenvalue weighted by Crippen LogP contribution is -2.39. The van der Waals surface area contributed by atoms with Gasteiger partial charge in [-0.15, -0.1) is 0 Å². The number of hydrogen-bond acceptors (Lipinski definition) is 8. The average Bonchev–Trinajstić information content (AvgIpc) is 3.43. The number of anilines is 1. The number of rotatable bonds is 8. The molecule has 1 aliphatic heterocycles. The largest absolute Gasteiger partial charge is 0.497 e. The Morgan fingerprint density at radius 1 is 1.17 bits per heavy atom. The summed E-state index contributed by atoms with van der Waals surface area (Å²) >= 11 is 1.27. The van der Waals surface area contributed by atoms with Crippen molar-refractivity contribution in [2.45, 2.75) is 33.7 Å². The molecule has 0 N–H and O–H groups in total. The van der Waals surface area contributed by atoms with Crippen molar-refractivity contribution in [3.8, 4) is 5.75 Å². The second kappa shape index (κ2) is 10.4. The van der Waals surface area contributed by atoms with E-state index in [0.717, 1.165) is 24.5 Å². The number of allylic oxidation sites excluding steroid dienone is 1. The van der Waals surface area contributed by atoms with Crippen molar-refractivity contribution in [3.63, 3.8) is 0 Å². The van der Waals surface area contributed by atoms with E-state index in [1.165, 1.54) is 11.3 Å². The van der Waals surface area contributed by atoms with E-state index in [4.69, 9.17) is 13.9 Å². The van der Waals surface area contributed by atoms with Crippen LogP contribution in [0.3, 0.4) is 0 Å². The van der Waals surface area contributed by atoms with Crippen molar-refractivity contribution in [1.82, 2.24) is 4.57 Å². The predicted molar refractivity (Wildman–Crippen MR) is 136 cm³/mol. The Labute approximate surface area is 207 Å². The first kappa shape index (κ1) is 24.5. The summed E-state index contributed by atoms with van der Waals surface area (Å²) in [5.74, 6) is 1.53. The van der Waals surface area contributed by atoms with Gasteiger partial charge < -0.3 is 18.8 Å². The molecule has 35 heavy (non-hydrogen) atoms. The van der Waals surface area contributed by atoms with Crippen molar-refractivity contribution in [1.29, 1.82) is 0 Å². The van der Waals surface area contributed by atoms with E-state index in [2.05, 4.69) is 23.7 Å². The summed E-state index contributed by atoms with van der Waals surface area (Å²) in [5, 5.41) is 0. The zero-order chi connectivity index (χ0) is 25.1. The number of carbonyl (C=O) groups excluding carboxylic acids is 1. The van der Waals surface area contributed by atoms with Gasteiger partial charge in [0.15, 0.2) is 10.7 Å². The standard InChI is InChI=1S/C26H29N3O5S/c1-6-28(7-2)21-14-13-19(34-21)15-20-24(30)29-23(17-9-11-18(32-5)12-10-17)22(25(31)33-8-3)16(4)27-26(29)35-20/h9-15,23H,6-8H2,1-5H3/t23-/m1/s1. The lowest BCUT2D eigenvalue weighted by Gasteiger charge is -2.24. The number of ether oxygens (including phenoxy) is 2. The van der Waals surface area contributed by atoms with Gasteiger partial charge in [0.1, 0.15) is 11.5 Å². The molecule has 3 aromatic rings. The molecule has 0 unspecified atom stereocenters. The molecule has 0 amide bonds. The summed E-state index contributed by atoms with van der Waals surface area (Å²) in [6.07, 6.45) is 1.73. The molecule has 0 bridgehead atoms. The Balaban J connectivity index is 1.87. The van der Waals surface area contributed by atoms with Crippen molar-refractivity contribution in [2.24, 2.45) is 4.99 Å². The first-order valence-corrected chi connectivity index (χ1v) is 12.4. The van der Waals surface area contributed by atoms with E-state index in [9.17, 15) is 9.59 Å². The van der Waals surface area contributed by atoms with Crippen LogP contribution >= 0.6 is 11.3 Å². The minimum absolute atomic E-state index is 0.225. The quantitative estimate of drug-likeness (QED) is 0.446. The van der Waals surface area contributed by atoms with Crippen LogP contribution in [0.4, 0.5) is 5.88 Å². The van der Waals surface area contributed by atoms with Gasteiger partial charge in [0.2, 0.25) is 0 Å². The maximum Gasteiger partial charge on any atom is 0.338 e. The summed E-state index contributed by atoms with van der Waals surface area (Å²) in [6.45, 7) is 9.51. The van der Waals surface area contributed by atoms with Gasteiger partial charge in [-0.25, -0.2) is 9.79 Å². The first-order valence-electron chi connectivity index (χ1n) is 11.6. The number of esters is 1. The number of hydrogen-bond donors (Lipinski definition) is 0. The second-order valence-corrected chi connectivity index (χ2v) is 8.93. The molecule has 0 saturated heterocycles. The number of fused-ring (bicyclic) bond motifs is 1. The number of nitrogens with zero attached hydrogens (tertiary/aromatic N) is 3. The highest BCUT2D eigenvalue weighted by Crippen LogP contribution is 2.31. The Hall–Kier alpha value is -3.59. The van der Waals surface area contributed by atoms with Crippen LogP contribution in [-0.2, 0) is 9.53 Å². The van der Waals surface area contributed by atoms with E-state index in [1.54, 1.807) is 43.7 Å². The molecule has 8 nitrogen and oxygen atoms in total. The van der Waals surface area contributed by atoms with Gasteiger partial charge in [-0.2, -0.15) is 0 Å². The fraction of sp³-hybridized carbons (Fsp3) is 0.346. The molecule has 0 aliphatic carbocycles. The lowest BCUT2D eigenvalue weighted by atomic mass is 9.96. The molecule has 0 radical (unpaired) electrons. The van der Waals surface area contributed by atoms with Gasteiger partial charge >= 0.3 is 5.97 Å². The zero-order valence-corrected chi connectivity index (χ0v) is 21.3. The first-order chi connectivity index (χ1) is 16.9. The summed E-state index contributed by atoms with van der Waals surface area (Å²) in [4.78, 5) is 33.8. The minimum atomic E-state index is -0.666. The number of carbonyl (C=O) groups is 1. The third-order valence-corrected chi connectivity index (χ3v) is 6.89. The summed E-state index contributed by atoms with van der Waals surface area (Å²) < 4.78 is 18.6. The van der Waals surface area contributed by atoms with Crippen LogP contribution in [-0.4, -0.2) is 37.3 Å². The number of furan rings is 1. The molecule has 1 aliphatic rings. The number of thiazole rings is 1. The average molecular weight is 496 g/mol. The van der Waals surface area contributed by atoms with Crippen LogP contribution in [0.1, 0.15) is 45.1 Å². The fourth-order valence-electron chi connectivity index (χ4n) is 4.15. The van der Waals surface area contributed by atoms with Gasteiger partial charge in [-0.1, -0.05) is 23.5 Å². The highest BCUT2D eigenvalue weighted by Gasteiger charge is 2.33. The summed E-state index contributed by atoms with van der Waals surface area (Å²) in [7, 11) is 1.59. The van der Waals surface area contributed by atoms with Crippen molar-refractivity contribution >= 4 is 29.3 Å². The molecule has 0 saturated carbocycles. The van der Waals surface area contributed by atoms with Crippen LogP contribution in [0.5, 0.6) is 5.75 Å². The van der Waals surface area contributed by atoms with Gasteiger partial charge in [0.25, 0.3) is 5.56 Å². The molecule has 1 atom stereocenters. The van der Waals surface area contributed by atoms with Crippen LogP contribution in [0.25, 0.3) is 6.08 Å². The van der Waals surface area contributed by atoms with Gasteiger partial charge in [0.05, 0.1) is 35.6 Å². The topological polar surface area (TPSA) is 86.3 Å².